The maximum Gasteiger partial charge on any atom is 0.271 e. The minimum atomic E-state index is -0.576. The molecule has 0 aliphatic heterocycles. The molecule has 0 aliphatic rings. The van der Waals surface area contributed by atoms with Crippen molar-refractivity contribution in [1.82, 2.24) is 5.43 Å². The van der Waals surface area contributed by atoms with Gasteiger partial charge in [-0.2, -0.15) is 5.10 Å². The van der Waals surface area contributed by atoms with Crippen LogP contribution in [0, 0.1) is 10.1 Å². The van der Waals surface area contributed by atoms with Gasteiger partial charge < -0.3 is 10.4 Å². The van der Waals surface area contributed by atoms with E-state index in [0.717, 1.165) is 0 Å². The number of non-ortho nitro benzene ring substituents is 1. The topological polar surface area (TPSA) is 134 Å². The zero-order valence-electron chi connectivity index (χ0n) is 15.5. The van der Waals surface area contributed by atoms with Crippen molar-refractivity contribution in [3.63, 3.8) is 0 Å². The number of nitrogens with one attached hydrogen (secondary N) is 2. The van der Waals surface area contributed by atoms with Crippen molar-refractivity contribution in [3.05, 3.63) is 99.6 Å². The molecule has 0 bridgehead atoms. The monoisotopic (exact) mass is 404 g/mol. The van der Waals surface area contributed by atoms with Crippen molar-refractivity contribution in [2.24, 2.45) is 5.10 Å². The van der Waals surface area contributed by atoms with Crippen LogP contribution in [0.3, 0.4) is 0 Å². The number of nitro groups is 1. The van der Waals surface area contributed by atoms with E-state index in [4.69, 9.17) is 0 Å². The summed E-state index contributed by atoms with van der Waals surface area (Å²) in [6, 6.07) is 17.8. The van der Waals surface area contributed by atoms with Crippen LogP contribution in [-0.4, -0.2) is 28.1 Å². The van der Waals surface area contributed by atoms with Crippen LogP contribution in [0.25, 0.3) is 0 Å². The van der Waals surface area contributed by atoms with Crippen LogP contribution in [0.5, 0.6) is 5.75 Å². The van der Waals surface area contributed by atoms with Crippen molar-refractivity contribution in [2.75, 3.05) is 5.32 Å². The third-order valence-electron chi connectivity index (χ3n) is 3.97. The van der Waals surface area contributed by atoms with Gasteiger partial charge in [-0.25, -0.2) is 5.43 Å². The van der Waals surface area contributed by atoms with E-state index in [1.807, 2.05) is 0 Å². The van der Waals surface area contributed by atoms with Gasteiger partial charge in [-0.15, -0.1) is 0 Å². The average Bonchev–Trinajstić information content (AvgIpc) is 2.74. The van der Waals surface area contributed by atoms with Gasteiger partial charge in [0.1, 0.15) is 5.75 Å². The molecule has 3 aromatic carbocycles. The molecule has 0 aromatic heterocycles. The number of aromatic hydroxyl groups is 1. The van der Waals surface area contributed by atoms with Crippen LogP contribution in [0.15, 0.2) is 77.9 Å². The average molecular weight is 404 g/mol. The molecule has 0 saturated heterocycles. The third kappa shape index (κ3) is 5.26. The number of nitrogens with zero attached hydrogens (tertiary/aromatic N) is 2. The van der Waals surface area contributed by atoms with Gasteiger partial charge in [0.05, 0.1) is 11.1 Å². The Bertz CT molecular complexity index is 1130. The first-order chi connectivity index (χ1) is 14.4. The van der Waals surface area contributed by atoms with Gasteiger partial charge in [-0.1, -0.05) is 18.2 Å². The predicted octanol–water partition coefficient (Wildman–Crippen LogP) is 3.32. The summed E-state index contributed by atoms with van der Waals surface area (Å²) in [4.78, 5) is 34.6. The molecule has 0 fully saturated rings. The van der Waals surface area contributed by atoms with E-state index in [1.54, 1.807) is 12.1 Å². The minimum absolute atomic E-state index is 0.0908. The lowest BCUT2D eigenvalue weighted by Crippen LogP contribution is -2.17. The van der Waals surface area contributed by atoms with Crippen molar-refractivity contribution in [2.45, 2.75) is 0 Å². The molecule has 0 unspecified atom stereocenters. The number of benzene rings is 3. The number of hydrogen-bond donors (Lipinski definition) is 3. The highest BCUT2D eigenvalue weighted by Crippen LogP contribution is 2.16. The van der Waals surface area contributed by atoms with Gasteiger partial charge >= 0.3 is 0 Å². The number of nitro benzene ring substituents is 1. The number of carbonyl (C=O) groups excluding carboxylic acids is 2. The van der Waals surface area contributed by atoms with E-state index in [1.165, 1.54) is 66.9 Å². The molecule has 0 heterocycles. The first-order valence-corrected chi connectivity index (χ1v) is 8.71. The second-order valence-electron chi connectivity index (χ2n) is 6.13. The molecule has 0 radical (unpaired) electrons. The van der Waals surface area contributed by atoms with Crippen molar-refractivity contribution in [3.8, 4) is 5.75 Å². The highest BCUT2D eigenvalue weighted by Gasteiger charge is 2.12. The molecule has 3 N–H and O–H groups in total. The van der Waals surface area contributed by atoms with Crippen LogP contribution < -0.4 is 10.7 Å². The number of anilines is 1. The summed E-state index contributed by atoms with van der Waals surface area (Å²) in [5, 5.41) is 26.7. The summed E-state index contributed by atoms with van der Waals surface area (Å²) in [6.45, 7) is 0. The van der Waals surface area contributed by atoms with Gasteiger partial charge in [0.15, 0.2) is 0 Å². The van der Waals surface area contributed by atoms with Crippen LogP contribution in [0.1, 0.15) is 26.3 Å². The van der Waals surface area contributed by atoms with E-state index in [2.05, 4.69) is 15.8 Å². The van der Waals surface area contributed by atoms with Crippen LogP contribution >= 0.6 is 0 Å². The molecular formula is C21H16N4O5. The number of phenolic OH excluding ortho intramolecular Hbond substituents is 1. The Morgan fingerprint density at radius 3 is 2.37 bits per heavy atom. The quantitative estimate of drug-likeness (QED) is 0.329. The Morgan fingerprint density at radius 1 is 0.933 bits per heavy atom. The smallest absolute Gasteiger partial charge is 0.271 e. The van der Waals surface area contributed by atoms with Gasteiger partial charge in [0.25, 0.3) is 17.5 Å². The molecule has 2 amide bonds. The predicted molar refractivity (Wildman–Crippen MR) is 111 cm³/mol. The molecule has 9 nitrogen and oxygen atoms in total. The SMILES string of the molecule is O=C(NN=Cc1cccc(O)c1)c1ccc(NC(=O)c2cccc([N+](=O)[O-])c2)cc1. The zero-order chi connectivity index (χ0) is 21.5. The second-order valence-corrected chi connectivity index (χ2v) is 6.13. The van der Waals surface area contributed by atoms with Crippen LogP contribution in [0.4, 0.5) is 11.4 Å². The van der Waals surface area contributed by atoms with E-state index < -0.39 is 16.7 Å². The van der Waals surface area contributed by atoms with E-state index in [0.29, 0.717) is 16.8 Å². The number of carbonyl (C=O) groups is 2. The Kier molecular flexibility index (Phi) is 6.14. The molecule has 30 heavy (non-hydrogen) atoms. The number of hydrogen-bond acceptors (Lipinski definition) is 6. The standard InChI is InChI=1S/C21H16N4O5/c26-19-6-1-3-14(11-19)13-22-24-21(28)15-7-9-17(10-8-15)23-20(27)16-4-2-5-18(12-16)25(29)30/h1-13,26H,(H,23,27)(H,24,28). The van der Waals surface area contributed by atoms with Crippen molar-refractivity contribution < 1.29 is 19.6 Å². The fourth-order valence-electron chi connectivity index (χ4n) is 2.50. The highest BCUT2D eigenvalue weighted by molar-refractivity contribution is 6.05. The first-order valence-electron chi connectivity index (χ1n) is 8.71. The molecule has 0 spiro atoms. The molecule has 9 heteroatoms. The van der Waals surface area contributed by atoms with E-state index in [-0.39, 0.29) is 17.0 Å². The Balaban J connectivity index is 1.60. The van der Waals surface area contributed by atoms with Crippen LogP contribution in [-0.2, 0) is 0 Å². The maximum absolute atomic E-state index is 12.3. The number of amides is 2. The number of phenols is 1. The van der Waals surface area contributed by atoms with Crippen molar-refractivity contribution >= 4 is 29.4 Å². The molecule has 150 valence electrons. The molecule has 0 saturated carbocycles. The number of hydrazone groups is 1. The fourth-order valence-corrected chi connectivity index (χ4v) is 2.50. The van der Waals surface area contributed by atoms with Gasteiger partial charge in [0, 0.05) is 28.9 Å². The minimum Gasteiger partial charge on any atom is -0.508 e. The van der Waals surface area contributed by atoms with Crippen LogP contribution in [0.2, 0.25) is 0 Å². The van der Waals surface area contributed by atoms with Crippen molar-refractivity contribution in [1.29, 1.82) is 0 Å². The Morgan fingerprint density at radius 2 is 1.67 bits per heavy atom. The third-order valence-corrected chi connectivity index (χ3v) is 3.97. The van der Waals surface area contributed by atoms with Gasteiger partial charge in [-0.05, 0) is 48.0 Å². The first kappa shape index (κ1) is 20.2. The summed E-state index contributed by atoms with van der Waals surface area (Å²) in [7, 11) is 0. The Hall–Kier alpha value is -4.53. The normalized spacial score (nSPS) is 10.5. The lowest BCUT2D eigenvalue weighted by atomic mass is 10.1. The van der Waals surface area contributed by atoms with Gasteiger partial charge in [0.2, 0.25) is 0 Å². The lowest BCUT2D eigenvalue weighted by Gasteiger charge is -2.06. The van der Waals surface area contributed by atoms with E-state index >= 15 is 0 Å². The summed E-state index contributed by atoms with van der Waals surface area (Å²) in [6.07, 6.45) is 1.39. The summed E-state index contributed by atoms with van der Waals surface area (Å²) >= 11 is 0. The Labute approximate surface area is 170 Å². The lowest BCUT2D eigenvalue weighted by molar-refractivity contribution is -0.384. The van der Waals surface area contributed by atoms with Gasteiger partial charge in [-0.3, -0.25) is 19.7 Å². The number of rotatable bonds is 6. The largest absolute Gasteiger partial charge is 0.508 e. The molecule has 0 atom stereocenters. The molecule has 3 rings (SSSR count). The zero-order valence-corrected chi connectivity index (χ0v) is 15.5. The summed E-state index contributed by atoms with van der Waals surface area (Å²) in [5.74, 6) is -0.873. The fraction of sp³-hybridized carbons (Fsp3) is 0. The summed E-state index contributed by atoms with van der Waals surface area (Å²) in [5.41, 5.74) is 3.69. The second kappa shape index (κ2) is 9.11. The molecule has 0 aliphatic carbocycles. The molecule has 3 aromatic rings. The maximum atomic E-state index is 12.3. The molecular weight excluding hydrogens is 388 g/mol. The van der Waals surface area contributed by atoms with E-state index in [9.17, 15) is 24.8 Å². The summed E-state index contributed by atoms with van der Waals surface area (Å²) < 4.78 is 0. The highest BCUT2D eigenvalue weighted by atomic mass is 16.6.